The van der Waals surface area contributed by atoms with Gasteiger partial charge in [0.2, 0.25) is 0 Å². The Bertz CT molecular complexity index is 572. The van der Waals surface area contributed by atoms with E-state index in [0.717, 1.165) is 21.8 Å². The van der Waals surface area contributed by atoms with E-state index >= 15 is 0 Å². The number of halogens is 2. The molecule has 19 heavy (non-hydrogen) atoms. The van der Waals surface area contributed by atoms with Gasteiger partial charge in [-0.25, -0.2) is 4.39 Å². The van der Waals surface area contributed by atoms with Crippen LogP contribution in [0.15, 0.2) is 51.8 Å². The molecule has 0 spiro atoms. The number of hydrogen-bond acceptors (Lipinski definition) is 2. The molecule has 2 aromatic rings. The molecule has 0 saturated carbocycles. The van der Waals surface area contributed by atoms with Crippen molar-refractivity contribution < 1.29 is 9.50 Å². The van der Waals surface area contributed by atoms with Gasteiger partial charge in [-0.1, -0.05) is 18.2 Å². The molecule has 0 heterocycles. The van der Waals surface area contributed by atoms with Gasteiger partial charge in [-0.15, -0.1) is 11.8 Å². The van der Waals surface area contributed by atoms with E-state index in [4.69, 9.17) is 0 Å². The maximum atomic E-state index is 13.1. The van der Waals surface area contributed by atoms with E-state index < -0.39 is 6.10 Å². The highest BCUT2D eigenvalue weighted by Crippen LogP contribution is 2.27. The van der Waals surface area contributed by atoms with Crippen LogP contribution < -0.4 is 0 Å². The first-order valence-electron chi connectivity index (χ1n) is 5.91. The number of benzene rings is 2. The monoisotopic (exact) mass is 340 g/mol. The number of aliphatic hydroxyl groups excluding tert-OH is 1. The van der Waals surface area contributed by atoms with Crippen LogP contribution in [0.1, 0.15) is 24.2 Å². The van der Waals surface area contributed by atoms with Gasteiger partial charge in [0.05, 0.1) is 10.6 Å². The first-order valence-corrected chi connectivity index (χ1v) is 7.69. The van der Waals surface area contributed by atoms with Crippen molar-refractivity contribution in [3.63, 3.8) is 0 Å². The van der Waals surface area contributed by atoms with Gasteiger partial charge in [0.15, 0.2) is 0 Å². The molecule has 1 nitrogen and oxygen atoms in total. The minimum absolute atomic E-state index is 0.246. The molecule has 0 radical (unpaired) electrons. The lowest BCUT2D eigenvalue weighted by Crippen LogP contribution is -1.90. The van der Waals surface area contributed by atoms with Crippen molar-refractivity contribution in [2.45, 2.75) is 23.7 Å². The van der Waals surface area contributed by atoms with E-state index in [-0.39, 0.29) is 5.82 Å². The zero-order chi connectivity index (χ0) is 13.8. The minimum Gasteiger partial charge on any atom is -0.389 e. The van der Waals surface area contributed by atoms with E-state index in [1.54, 1.807) is 30.8 Å². The highest BCUT2D eigenvalue weighted by atomic mass is 79.9. The van der Waals surface area contributed by atoms with E-state index in [2.05, 4.69) is 15.9 Å². The summed E-state index contributed by atoms with van der Waals surface area (Å²) in [7, 11) is 0. The second kappa shape index (κ2) is 6.55. The smallest absolute Gasteiger partial charge is 0.137 e. The molecule has 2 aromatic carbocycles. The van der Waals surface area contributed by atoms with Gasteiger partial charge >= 0.3 is 0 Å². The summed E-state index contributed by atoms with van der Waals surface area (Å²) in [5.74, 6) is 0.521. The fourth-order valence-corrected chi connectivity index (χ4v) is 2.99. The number of hydrogen-bond donors (Lipinski definition) is 1. The summed E-state index contributed by atoms with van der Waals surface area (Å²) in [6.07, 6.45) is -0.458. The first-order chi connectivity index (χ1) is 9.06. The van der Waals surface area contributed by atoms with E-state index in [9.17, 15) is 9.50 Å². The summed E-state index contributed by atoms with van der Waals surface area (Å²) in [6.45, 7) is 1.75. The predicted molar refractivity (Wildman–Crippen MR) is 80.7 cm³/mol. The Kier molecular flexibility index (Phi) is 5.02. The van der Waals surface area contributed by atoms with Crippen LogP contribution in [0.5, 0.6) is 0 Å². The Morgan fingerprint density at radius 3 is 2.74 bits per heavy atom. The van der Waals surface area contributed by atoms with Crippen molar-refractivity contribution in [2.24, 2.45) is 0 Å². The van der Waals surface area contributed by atoms with Crippen molar-refractivity contribution in [1.29, 1.82) is 0 Å². The molecular weight excluding hydrogens is 327 g/mol. The van der Waals surface area contributed by atoms with Gasteiger partial charge in [-0.2, -0.15) is 0 Å². The summed E-state index contributed by atoms with van der Waals surface area (Å²) in [5, 5.41) is 9.54. The number of rotatable bonds is 4. The van der Waals surface area contributed by atoms with Gasteiger partial charge < -0.3 is 5.11 Å². The molecule has 0 aliphatic heterocycles. The van der Waals surface area contributed by atoms with E-state index in [1.807, 2.05) is 24.3 Å². The van der Waals surface area contributed by atoms with Crippen molar-refractivity contribution in [2.75, 3.05) is 0 Å². The van der Waals surface area contributed by atoms with Gasteiger partial charge in [0, 0.05) is 10.6 Å². The molecule has 0 aliphatic carbocycles. The molecule has 4 heteroatoms. The quantitative estimate of drug-likeness (QED) is 0.796. The Balaban J connectivity index is 2.05. The first kappa shape index (κ1) is 14.6. The van der Waals surface area contributed by atoms with Crippen LogP contribution in [0.3, 0.4) is 0 Å². The molecule has 2 rings (SSSR count). The van der Waals surface area contributed by atoms with Crippen LogP contribution in [0.25, 0.3) is 0 Å². The Hall–Kier alpha value is -0.840. The number of thioether (sulfide) groups is 1. The molecule has 1 N–H and O–H groups in total. The topological polar surface area (TPSA) is 20.2 Å². The summed E-state index contributed by atoms with van der Waals surface area (Å²) in [5.41, 5.74) is 1.96. The summed E-state index contributed by atoms with van der Waals surface area (Å²) in [4.78, 5) is 1.10. The lowest BCUT2D eigenvalue weighted by molar-refractivity contribution is 0.199. The Morgan fingerprint density at radius 2 is 2.05 bits per heavy atom. The zero-order valence-electron chi connectivity index (χ0n) is 10.4. The standard InChI is InChI=1S/C15H14BrFOS/c1-10(18)12-3-2-4-13(8-12)19-9-11-5-6-15(17)14(16)7-11/h2-8,10,18H,9H2,1H3. The summed E-state index contributed by atoms with van der Waals surface area (Å²) < 4.78 is 13.6. The molecular formula is C15H14BrFOS. The average Bonchev–Trinajstić information content (AvgIpc) is 2.40. The van der Waals surface area contributed by atoms with Crippen LogP contribution in [-0.2, 0) is 5.75 Å². The van der Waals surface area contributed by atoms with E-state index in [1.165, 1.54) is 6.07 Å². The molecule has 0 saturated heterocycles. The third-order valence-electron chi connectivity index (χ3n) is 2.73. The molecule has 0 amide bonds. The normalized spacial score (nSPS) is 12.4. The van der Waals surface area contributed by atoms with Gasteiger partial charge in [-0.05, 0) is 58.2 Å². The lowest BCUT2D eigenvalue weighted by Gasteiger charge is -2.07. The second-order valence-electron chi connectivity index (χ2n) is 4.29. The molecule has 0 aromatic heterocycles. The van der Waals surface area contributed by atoms with Crippen LogP contribution in [0.4, 0.5) is 4.39 Å². The van der Waals surface area contributed by atoms with Crippen LogP contribution in [-0.4, -0.2) is 5.11 Å². The highest BCUT2D eigenvalue weighted by molar-refractivity contribution is 9.10. The number of aliphatic hydroxyl groups is 1. The zero-order valence-corrected chi connectivity index (χ0v) is 12.8. The van der Waals surface area contributed by atoms with Gasteiger partial charge in [-0.3, -0.25) is 0 Å². The minimum atomic E-state index is -0.458. The van der Waals surface area contributed by atoms with Crippen LogP contribution in [0, 0.1) is 5.82 Å². The van der Waals surface area contributed by atoms with Gasteiger partial charge in [0.1, 0.15) is 5.82 Å². The highest BCUT2D eigenvalue weighted by Gasteiger charge is 2.04. The maximum absolute atomic E-state index is 13.1. The van der Waals surface area contributed by atoms with Crippen molar-refractivity contribution in [3.05, 3.63) is 63.9 Å². The lowest BCUT2D eigenvalue weighted by atomic mass is 10.1. The SMILES string of the molecule is CC(O)c1cccc(SCc2ccc(F)c(Br)c2)c1. The largest absolute Gasteiger partial charge is 0.389 e. The maximum Gasteiger partial charge on any atom is 0.137 e. The fourth-order valence-electron chi connectivity index (χ4n) is 1.66. The van der Waals surface area contributed by atoms with Crippen molar-refractivity contribution in [1.82, 2.24) is 0 Å². The Labute approximate surface area is 125 Å². The summed E-state index contributed by atoms with van der Waals surface area (Å²) in [6, 6.07) is 12.9. The average molecular weight is 341 g/mol. The second-order valence-corrected chi connectivity index (χ2v) is 6.19. The fraction of sp³-hybridized carbons (Fsp3) is 0.200. The third-order valence-corrected chi connectivity index (χ3v) is 4.40. The molecule has 100 valence electrons. The van der Waals surface area contributed by atoms with Crippen molar-refractivity contribution in [3.8, 4) is 0 Å². The molecule has 0 bridgehead atoms. The summed E-state index contributed by atoms with van der Waals surface area (Å²) >= 11 is 4.85. The van der Waals surface area contributed by atoms with E-state index in [0.29, 0.717) is 4.47 Å². The van der Waals surface area contributed by atoms with Gasteiger partial charge in [0.25, 0.3) is 0 Å². The molecule has 0 aliphatic rings. The molecule has 1 atom stereocenters. The van der Waals surface area contributed by atoms with Crippen LogP contribution in [0.2, 0.25) is 0 Å². The third kappa shape index (κ3) is 4.06. The molecule has 1 unspecified atom stereocenters. The van der Waals surface area contributed by atoms with Crippen molar-refractivity contribution >= 4 is 27.7 Å². The molecule has 0 fully saturated rings. The Morgan fingerprint density at radius 1 is 1.26 bits per heavy atom. The van der Waals surface area contributed by atoms with Crippen LogP contribution >= 0.6 is 27.7 Å². The predicted octanol–water partition coefficient (Wildman–Crippen LogP) is 4.93.